The molecule has 0 N–H and O–H groups in total. The largest absolute Gasteiger partial charge is 0.451 e. The first-order chi connectivity index (χ1) is 11.8. The molecule has 0 radical (unpaired) electrons. The number of aliphatic imine (C=N–C) groups is 1. The quantitative estimate of drug-likeness (QED) is 0.771. The summed E-state index contributed by atoms with van der Waals surface area (Å²) in [6.45, 7) is 1.63. The zero-order valence-corrected chi connectivity index (χ0v) is 13.9. The number of halogens is 3. The molecular formula is C17H13F3N2O2S. The van der Waals surface area contributed by atoms with Gasteiger partial charge in [0.05, 0.1) is 11.3 Å². The van der Waals surface area contributed by atoms with Gasteiger partial charge in [-0.15, -0.1) is 0 Å². The van der Waals surface area contributed by atoms with E-state index in [1.807, 2.05) is 0 Å². The smallest absolute Gasteiger partial charge is 0.422 e. The lowest BCUT2D eigenvalue weighted by molar-refractivity contribution is -0.245. The van der Waals surface area contributed by atoms with Crippen molar-refractivity contribution >= 4 is 22.8 Å². The maximum Gasteiger partial charge on any atom is 0.451 e. The molecule has 0 saturated heterocycles. The van der Waals surface area contributed by atoms with Gasteiger partial charge in [-0.1, -0.05) is 30.0 Å². The van der Waals surface area contributed by atoms with Crippen LogP contribution in [0.3, 0.4) is 0 Å². The van der Waals surface area contributed by atoms with Crippen LogP contribution in [0.25, 0.3) is 0 Å². The number of alkyl halides is 3. The lowest BCUT2D eigenvalue weighted by Crippen LogP contribution is -2.48. The lowest BCUT2D eigenvalue weighted by atomic mass is 10.1. The fourth-order valence-corrected chi connectivity index (χ4v) is 3.42. The molecule has 2 aromatic rings. The number of thioether (sulfide) groups is 1. The minimum absolute atomic E-state index is 0.0844. The highest BCUT2D eigenvalue weighted by molar-refractivity contribution is 8.14. The third-order valence-electron chi connectivity index (χ3n) is 3.66. The van der Waals surface area contributed by atoms with E-state index in [4.69, 9.17) is 4.74 Å². The molecule has 1 aromatic heterocycles. The lowest BCUT2D eigenvalue weighted by Gasteiger charge is -2.27. The monoisotopic (exact) mass is 366 g/mol. The summed E-state index contributed by atoms with van der Waals surface area (Å²) < 4.78 is 45.9. The van der Waals surface area contributed by atoms with Gasteiger partial charge in [0.15, 0.2) is 0 Å². The first-order valence-electron chi connectivity index (χ1n) is 7.31. The van der Waals surface area contributed by atoms with Crippen LogP contribution in [0.4, 0.5) is 13.2 Å². The molecule has 2 heterocycles. The maximum absolute atomic E-state index is 13.7. The van der Waals surface area contributed by atoms with Gasteiger partial charge in [-0.05, 0) is 30.7 Å². The summed E-state index contributed by atoms with van der Waals surface area (Å²) in [5, 5.41) is 0.142. The molecule has 0 amide bonds. The standard InChI is InChI=1S/C17H13F3N2O2S/c1-11-5-2-3-7-13(11)15(23)24-16(17(18,19)20)10-25-14(22-16)12-6-4-8-21-9-12/h2-9H,10H2,1H3. The van der Waals surface area contributed by atoms with Crippen LogP contribution in [0.2, 0.25) is 0 Å². The van der Waals surface area contributed by atoms with E-state index >= 15 is 0 Å². The van der Waals surface area contributed by atoms with Crippen LogP contribution in [0.15, 0.2) is 53.8 Å². The van der Waals surface area contributed by atoms with Gasteiger partial charge in [-0.3, -0.25) is 4.98 Å². The molecule has 3 rings (SSSR count). The summed E-state index contributed by atoms with van der Waals surface area (Å²) >= 11 is 0.883. The minimum Gasteiger partial charge on any atom is -0.422 e. The average Bonchev–Trinajstić information content (AvgIpc) is 3.01. The second-order valence-electron chi connectivity index (χ2n) is 5.43. The van der Waals surface area contributed by atoms with Gasteiger partial charge in [0.25, 0.3) is 0 Å². The number of carbonyl (C=O) groups is 1. The maximum atomic E-state index is 13.7. The number of carbonyl (C=O) groups excluding carboxylic acids is 1. The average molecular weight is 366 g/mol. The highest BCUT2D eigenvalue weighted by atomic mass is 32.2. The number of hydrogen-bond acceptors (Lipinski definition) is 5. The number of aromatic nitrogens is 1. The second kappa shape index (κ2) is 6.51. The van der Waals surface area contributed by atoms with Crippen molar-refractivity contribution in [2.24, 2.45) is 4.99 Å². The normalized spacial score (nSPS) is 20.2. The van der Waals surface area contributed by atoms with Crippen molar-refractivity contribution in [3.8, 4) is 0 Å². The van der Waals surface area contributed by atoms with Crippen LogP contribution >= 0.6 is 11.8 Å². The number of benzene rings is 1. The van der Waals surface area contributed by atoms with Gasteiger partial charge in [-0.25, -0.2) is 9.79 Å². The molecule has 1 atom stereocenters. The van der Waals surface area contributed by atoms with Crippen LogP contribution in [0.5, 0.6) is 0 Å². The number of aryl methyl sites for hydroxylation is 1. The van der Waals surface area contributed by atoms with Crippen molar-refractivity contribution in [1.82, 2.24) is 4.98 Å². The van der Waals surface area contributed by atoms with E-state index < -0.39 is 23.6 Å². The Kier molecular flexibility index (Phi) is 4.55. The third-order valence-corrected chi connectivity index (χ3v) is 4.80. The number of esters is 1. The molecule has 1 unspecified atom stereocenters. The van der Waals surface area contributed by atoms with Crippen molar-refractivity contribution in [2.45, 2.75) is 18.8 Å². The molecular weight excluding hydrogens is 353 g/mol. The van der Waals surface area contributed by atoms with Crippen LogP contribution in [-0.2, 0) is 4.74 Å². The summed E-state index contributed by atoms with van der Waals surface area (Å²) in [7, 11) is 0. The minimum atomic E-state index is -4.83. The first-order valence-corrected chi connectivity index (χ1v) is 8.30. The van der Waals surface area contributed by atoms with E-state index in [-0.39, 0.29) is 10.6 Å². The second-order valence-corrected chi connectivity index (χ2v) is 6.40. The van der Waals surface area contributed by atoms with Gasteiger partial charge in [-0.2, -0.15) is 13.2 Å². The van der Waals surface area contributed by atoms with Crippen LogP contribution in [0.1, 0.15) is 21.5 Å². The zero-order valence-electron chi connectivity index (χ0n) is 13.1. The molecule has 130 valence electrons. The molecule has 1 aliphatic heterocycles. The number of rotatable bonds is 3. The molecule has 8 heteroatoms. The Hall–Kier alpha value is -2.35. The molecule has 0 fully saturated rings. The van der Waals surface area contributed by atoms with E-state index in [0.717, 1.165) is 11.8 Å². The molecule has 25 heavy (non-hydrogen) atoms. The Morgan fingerprint density at radius 2 is 2.00 bits per heavy atom. The Balaban J connectivity index is 1.95. The summed E-state index contributed by atoms with van der Waals surface area (Å²) in [6.07, 6.45) is -1.90. The first kappa shape index (κ1) is 17.5. The van der Waals surface area contributed by atoms with Gasteiger partial charge < -0.3 is 4.74 Å². The highest BCUT2D eigenvalue weighted by Crippen LogP contribution is 2.44. The van der Waals surface area contributed by atoms with Crippen molar-refractivity contribution in [3.05, 3.63) is 65.5 Å². The van der Waals surface area contributed by atoms with Gasteiger partial charge in [0.2, 0.25) is 0 Å². The van der Waals surface area contributed by atoms with E-state index in [2.05, 4.69) is 9.98 Å². The number of ether oxygens (including phenoxy) is 1. The van der Waals surface area contributed by atoms with Gasteiger partial charge in [0.1, 0.15) is 5.04 Å². The SMILES string of the molecule is Cc1ccccc1C(=O)OC1(C(F)(F)F)CSC(c2cccnc2)=N1. The van der Waals surface area contributed by atoms with Gasteiger partial charge in [0, 0.05) is 18.0 Å². The number of pyridine rings is 1. The van der Waals surface area contributed by atoms with E-state index in [9.17, 15) is 18.0 Å². The topological polar surface area (TPSA) is 51.5 Å². The van der Waals surface area contributed by atoms with E-state index in [1.165, 1.54) is 18.5 Å². The highest BCUT2D eigenvalue weighted by Gasteiger charge is 2.61. The summed E-state index contributed by atoms with van der Waals surface area (Å²) in [4.78, 5) is 19.9. The summed E-state index contributed by atoms with van der Waals surface area (Å²) in [6, 6.07) is 9.52. The van der Waals surface area contributed by atoms with Crippen LogP contribution in [-0.4, -0.2) is 33.7 Å². The number of nitrogens with zero attached hydrogens (tertiary/aromatic N) is 2. The Bertz CT molecular complexity index is 824. The molecule has 1 aromatic carbocycles. The molecule has 0 aliphatic carbocycles. The van der Waals surface area contributed by atoms with Crippen molar-refractivity contribution in [1.29, 1.82) is 0 Å². The number of hydrogen-bond donors (Lipinski definition) is 0. The van der Waals surface area contributed by atoms with Crippen molar-refractivity contribution < 1.29 is 22.7 Å². The third kappa shape index (κ3) is 3.39. The summed E-state index contributed by atoms with van der Waals surface area (Å²) in [5.74, 6) is -1.58. The fraction of sp³-hybridized carbons (Fsp3) is 0.235. The van der Waals surface area contributed by atoms with E-state index in [1.54, 1.807) is 37.3 Å². The molecule has 0 saturated carbocycles. The molecule has 0 bridgehead atoms. The van der Waals surface area contributed by atoms with Gasteiger partial charge >= 0.3 is 17.9 Å². The Labute approximate surface area is 146 Å². The Morgan fingerprint density at radius 1 is 1.24 bits per heavy atom. The van der Waals surface area contributed by atoms with Crippen molar-refractivity contribution in [3.63, 3.8) is 0 Å². The summed E-state index contributed by atoms with van der Waals surface area (Å²) in [5.41, 5.74) is -1.83. The molecule has 4 nitrogen and oxygen atoms in total. The van der Waals surface area contributed by atoms with Crippen LogP contribution in [0, 0.1) is 6.92 Å². The van der Waals surface area contributed by atoms with Crippen molar-refractivity contribution in [2.75, 3.05) is 5.75 Å². The zero-order chi connectivity index (χ0) is 18.1. The van der Waals surface area contributed by atoms with Crippen LogP contribution < -0.4 is 0 Å². The fourth-order valence-electron chi connectivity index (χ4n) is 2.30. The predicted molar refractivity (Wildman–Crippen MR) is 88.6 cm³/mol. The van der Waals surface area contributed by atoms with E-state index in [0.29, 0.717) is 11.1 Å². The Morgan fingerprint density at radius 3 is 2.64 bits per heavy atom. The molecule has 0 spiro atoms. The predicted octanol–water partition coefficient (Wildman–Crippen LogP) is 4.00. The molecule has 1 aliphatic rings.